The molecule has 26 heavy (non-hydrogen) atoms. The minimum Gasteiger partial charge on any atom is -0.506 e. The molecule has 2 N–H and O–H groups in total. The number of carbonyl (C=O) groups is 1. The Morgan fingerprint density at radius 3 is 2.73 bits per heavy atom. The Kier molecular flexibility index (Phi) is 5.58. The molecule has 3 aromatic rings. The van der Waals surface area contributed by atoms with Crippen LogP contribution in [0.3, 0.4) is 0 Å². The van der Waals surface area contributed by atoms with Crippen LogP contribution < -0.4 is 5.32 Å². The van der Waals surface area contributed by atoms with Gasteiger partial charge in [0.2, 0.25) is 0 Å². The minimum atomic E-state index is -0.307. The van der Waals surface area contributed by atoms with Crippen molar-refractivity contribution >= 4 is 55.4 Å². The van der Waals surface area contributed by atoms with Crippen molar-refractivity contribution in [2.24, 2.45) is 4.99 Å². The van der Waals surface area contributed by atoms with Gasteiger partial charge in [0, 0.05) is 21.9 Å². The van der Waals surface area contributed by atoms with Crippen LogP contribution in [0.15, 0.2) is 67.1 Å². The molecule has 7 heteroatoms. The Morgan fingerprint density at radius 1 is 1.23 bits per heavy atom. The van der Waals surface area contributed by atoms with Gasteiger partial charge in [-0.3, -0.25) is 9.79 Å². The molecule has 0 fully saturated rings. The van der Waals surface area contributed by atoms with E-state index in [0.717, 1.165) is 10.0 Å². The van der Waals surface area contributed by atoms with Gasteiger partial charge in [-0.1, -0.05) is 15.9 Å². The van der Waals surface area contributed by atoms with Crippen molar-refractivity contribution in [1.82, 2.24) is 0 Å². The molecule has 1 heterocycles. The van der Waals surface area contributed by atoms with Crippen LogP contribution in [0.4, 0.5) is 11.4 Å². The van der Waals surface area contributed by atoms with Crippen LogP contribution in [0.5, 0.6) is 5.75 Å². The molecule has 5 nitrogen and oxygen atoms in total. The smallest absolute Gasteiger partial charge is 0.291 e. The number of nitrogens with zero attached hydrogens (tertiary/aromatic N) is 1. The van der Waals surface area contributed by atoms with E-state index in [-0.39, 0.29) is 17.4 Å². The van der Waals surface area contributed by atoms with E-state index >= 15 is 0 Å². The maximum atomic E-state index is 12.1. The van der Waals surface area contributed by atoms with E-state index in [1.165, 1.54) is 6.26 Å². The Bertz CT molecular complexity index is 983. The first-order chi connectivity index (χ1) is 12.4. The lowest BCUT2D eigenvalue weighted by molar-refractivity contribution is 0.0996. The zero-order valence-electron chi connectivity index (χ0n) is 13.7. The van der Waals surface area contributed by atoms with Gasteiger partial charge in [-0.25, -0.2) is 0 Å². The molecule has 132 valence electrons. The second-order valence-corrected chi connectivity index (χ2v) is 7.28. The second kappa shape index (κ2) is 7.88. The Morgan fingerprint density at radius 2 is 2.04 bits per heavy atom. The van der Waals surface area contributed by atoms with Crippen LogP contribution >= 0.6 is 31.9 Å². The van der Waals surface area contributed by atoms with Gasteiger partial charge in [0.25, 0.3) is 5.91 Å². The van der Waals surface area contributed by atoms with Crippen LogP contribution in [0, 0.1) is 6.92 Å². The van der Waals surface area contributed by atoms with Crippen LogP contribution in [0.2, 0.25) is 0 Å². The fraction of sp³-hybridized carbons (Fsp3) is 0.0526. The molecule has 3 rings (SSSR count). The normalized spacial score (nSPS) is 11.0. The summed E-state index contributed by atoms with van der Waals surface area (Å²) in [6.45, 7) is 1.88. The topological polar surface area (TPSA) is 74.8 Å². The SMILES string of the molecule is Cc1cc(N=Cc2cc(Br)cc(Br)c2O)ccc1NC(=O)c1ccco1. The molecule has 0 unspecified atom stereocenters. The number of phenols is 1. The summed E-state index contributed by atoms with van der Waals surface area (Å²) in [5.74, 6) is 0.0662. The lowest BCUT2D eigenvalue weighted by Crippen LogP contribution is -2.11. The van der Waals surface area contributed by atoms with Crippen molar-refractivity contribution in [3.05, 3.63) is 74.6 Å². The third-order valence-corrected chi connectivity index (χ3v) is 4.68. The molecule has 0 bridgehead atoms. The molecule has 1 aromatic heterocycles. The molecule has 0 radical (unpaired) electrons. The summed E-state index contributed by atoms with van der Waals surface area (Å²) in [4.78, 5) is 16.4. The number of amides is 1. The van der Waals surface area contributed by atoms with Gasteiger partial charge in [-0.2, -0.15) is 0 Å². The van der Waals surface area contributed by atoms with Crippen LogP contribution in [-0.2, 0) is 0 Å². The molecule has 0 spiro atoms. The van der Waals surface area contributed by atoms with Gasteiger partial charge >= 0.3 is 0 Å². The number of aliphatic imine (C=N–C) groups is 1. The lowest BCUT2D eigenvalue weighted by atomic mass is 10.1. The first-order valence-electron chi connectivity index (χ1n) is 7.61. The number of furan rings is 1. The minimum absolute atomic E-state index is 0.121. The van der Waals surface area contributed by atoms with Gasteiger partial charge in [0.1, 0.15) is 5.75 Å². The average Bonchev–Trinajstić information content (AvgIpc) is 3.13. The number of phenolic OH excluding ortho intramolecular Hbond substituents is 1. The predicted octanol–water partition coefficient (Wildman–Crippen LogP) is 5.82. The summed E-state index contributed by atoms with van der Waals surface area (Å²) in [7, 11) is 0. The number of aryl methyl sites for hydroxylation is 1. The summed E-state index contributed by atoms with van der Waals surface area (Å²) in [6.07, 6.45) is 3.04. The lowest BCUT2D eigenvalue weighted by Gasteiger charge is -2.08. The number of carbonyl (C=O) groups excluding carboxylic acids is 1. The van der Waals surface area contributed by atoms with Crippen molar-refractivity contribution in [3.8, 4) is 5.75 Å². The third kappa shape index (κ3) is 4.23. The molecule has 0 aliphatic rings. The molecule has 0 saturated heterocycles. The van der Waals surface area contributed by atoms with E-state index in [9.17, 15) is 9.90 Å². The Hall–Kier alpha value is -2.38. The number of hydrogen-bond donors (Lipinski definition) is 2. The second-order valence-electron chi connectivity index (χ2n) is 5.51. The Balaban J connectivity index is 1.78. The summed E-state index contributed by atoms with van der Waals surface area (Å²) >= 11 is 6.68. The summed E-state index contributed by atoms with van der Waals surface area (Å²) < 4.78 is 6.50. The van der Waals surface area contributed by atoms with Crippen molar-refractivity contribution in [3.63, 3.8) is 0 Å². The molecule has 0 aliphatic carbocycles. The predicted molar refractivity (Wildman–Crippen MR) is 109 cm³/mol. The molecule has 1 amide bonds. The standard InChI is InChI=1S/C19H14Br2N2O3/c1-11-7-14(22-10-12-8-13(20)9-15(21)18(12)24)4-5-16(11)23-19(25)17-3-2-6-26-17/h2-10,24H,1H3,(H,23,25). The highest BCUT2D eigenvalue weighted by molar-refractivity contribution is 9.11. The van der Waals surface area contributed by atoms with Crippen LogP contribution in [-0.4, -0.2) is 17.2 Å². The molecular weight excluding hydrogens is 464 g/mol. The van der Waals surface area contributed by atoms with Gasteiger partial charge in [0.15, 0.2) is 5.76 Å². The number of hydrogen-bond acceptors (Lipinski definition) is 4. The van der Waals surface area contributed by atoms with Gasteiger partial charge < -0.3 is 14.8 Å². The molecule has 0 atom stereocenters. The molecular formula is C19H14Br2N2O3. The fourth-order valence-electron chi connectivity index (χ4n) is 2.29. The van der Waals surface area contributed by atoms with E-state index in [4.69, 9.17) is 4.42 Å². The quantitative estimate of drug-likeness (QED) is 0.464. The maximum Gasteiger partial charge on any atom is 0.291 e. The van der Waals surface area contributed by atoms with Crippen molar-refractivity contribution < 1.29 is 14.3 Å². The van der Waals surface area contributed by atoms with Crippen molar-refractivity contribution in [2.45, 2.75) is 6.92 Å². The number of rotatable bonds is 4. The first-order valence-corrected chi connectivity index (χ1v) is 9.20. The number of aromatic hydroxyl groups is 1. The van der Waals surface area contributed by atoms with E-state index in [0.29, 0.717) is 21.4 Å². The van der Waals surface area contributed by atoms with Crippen molar-refractivity contribution in [1.29, 1.82) is 0 Å². The zero-order valence-corrected chi connectivity index (χ0v) is 16.8. The summed E-state index contributed by atoms with van der Waals surface area (Å²) in [6, 6.07) is 12.2. The maximum absolute atomic E-state index is 12.1. The van der Waals surface area contributed by atoms with E-state index in [2.05, 4.69) is 42.2 Å². The van der Waals surface area contributed by atoms with Gasteiger partial charge in [-0.15, -0.1) is 0 Å². The number of halogens is 2. The highest BCUT2D eigenvalue weighted by atomic mass is 79.9. The van der Waals surface area contributed by atoms with Crippen molar-refractivity contribution in [2.75, 3.05) is 5.32 Å². The number of nitrogens with one attached hydrogen (secondary N) is 1. The third-order valence-electron chi connectivity index (χ3n) is 3.61. The first kappa shape index (κ1) is 18.4. The van der Waals surface area contributed by atoms with E-state index in [1.54, 1.807) is 42.6 Å². The van der Waals surface area contributed by atoms with E-state index in [1.807, 2.05) is 13.0 Å². The largest absolute Gasteiger partial charge is 0.506 e. The summed E-state index contributed by atoms with van der Waals surface area (Å²) in [5.41, 5.74) is 2.82. The van der Waals surface area contributed by atoms with Crippen LogP contribution in [0.1, 0.15) is 21.7 Å². The van der Waals surface area contributed by atoms with Crippen LogP contribution in [0.25, 0.3) is 0 Å². The zero-order chi connectivity index (χ0) is 18.7. The van der Waals surface area contributed by atoms with E-state index < -0.39 is 0 Å². The molecule has 0 aliphatic heterocycles. The van der Waals surface area contributed by atoms with Gasteiger partial charge in [0.05, 0.1) is 16.4 Å². The highest BCUT2D eigenvalue weighted by Crippen LogP contribution is 2.31. The highest BCUT2D eigenvalue weighted by Gasteiger charge is 2.10. The monoisotopic (exact) mass is 476 g/mol. The number of anilines is 1. The fourth-order valence-corrected chi connectivity index (χ4v) is 3.55. The Labute approximate surface area is 167 Å². The molecule has 0 saturated carbocycles. The molecule has 2 aromatic carbocycles. The average molecular weight is 478 g/mol. The number of benzene rings is 2. The van der Waals surface area contributed by atoms with Gasteiger partial charge in [-0.05, 0) is 70.9 Å². The summed E-state index contributed by atoms with van der Waals surface area (Å²) in [5, 5.41) is 12.9.